The number of nitrogens with one attached hydrogen (secondary N) is 1. The lowest BCUT2D eigenvalue weighted by Crippen LogP contribution is -2.50. The van der Waals surface area contributed by atoms with Crippen LogP contribution in [-0.2, 0) is 20.4 Å². The molecule has 0 aromatic carbocycles. The highest BCUT2D eigenvalue weighted by molar-refractivity contribution is 7.99. The third kappa shape index (κ3) is 4.70. The summed E-state index contributed by atoms with van der Waals surface area (Å²) in [6.45, 7) is 1.87. The third-order valence-corrected chi connectivity index (χ3v) is 7.22. The molecular formula is C16H23N3O3S2. The standard InChI is InChI=1S/C16H23N3O3S2/c20-16(10-23-9-13-4-3-5-17-8-13)18-14-11-24(21,22)12-15(14)19-6-1-2-7-19/h3-5,8,14-15H,1-2,6-7,9-12H2,(H,18,20). The van der Waals surface area contributed by atoms with Crippen LogP contribution >= 0.6 is 11.8 Å². The first-order chi connectivity index (χ1) is 11.5. The van der Waals surface area contributed by atoms with Crippen molar-refractivity contribution in [3.8, 4) is 0 Å². The molecule has 0 spiro atoms. The molecule has 2 aliphatic rings. The SMILES string of the molecule is O=C(CSCc1cccnc1)NC1CS(=O)(=O)CC1N1CCCC1. The molecule has 132 valence electrons. The van der Waals surface area contributed by atoms with Crippen molar-refractivity contribution in [2.45, 2.75) is 30.7 Å². The Bertz CT molecular complexity index is 660. The topological polar surface area (TPSA) is 79.4 Å². The highest BCUT2D eigenvalue weighted by Gasteiger charge is 2.42. The maximum atomic E-state index is 12.2. The highest BCUT2D eigenvalue weighted by atomic mass is 32.2. The van der Waals surface area contributed by atoms with Crippen LogP contribution in [0.5, 0.6) is 0 Å². The molecular weight excluding hydrogens is 346 g/mol. The molecule has 1 aromatic heterocycles. The number of sulfone groups is 1. The maximum Gasteiger partial charge on any atom is 0.230 e. The van der Waals surface area contributed by atoms with Crippen LogP contribution in [0, 0.1) is 0 Å². The number of amides is 1. The van der Waals surface area contributed by atoms with E-state index in [4.69, 9.17) is 0 Å². The van der Waals surface area contributed by atoms with Crippen molar-refractivity contribution in [2.75, 3.05) is 30.3 Å². The first-order valence-electron chi connectivity index (χ1n) is 8.24. The Morgan fingerprint density at radius 1 is 1.33 bits per heavy atom. The van der Waals surface area contributed by atoms with E-state index >= 15 is 0 Å². The van der Waals surface area contributed by atoms with Gasteiger partial charge in [0, 0.05) is 24.2 Å². The van der Waals surface area contributed by atoms with Gasteiger partial charge in [-0.25, -0.2) is 8.42 Å². The predicted octanol–water partition coefficient (Wildman–Crippen LogP) is 0.692. The van der Waals surface area contributed by atoms with Crippen molar-refractivity contribution in [2.24, 2.45) is 0 Å². The molecule has 24 heavy (non-hydrogen) atoms. The molecule has 8 heteroatoms. The van der Waals surface area contributed by atoms with Gasteiger partial charge in [-0.15, -0.1) is 11.8 Å². The summed E-state index contributed by atoms with van der Waals surface area (Å²) < 4.78 is 24.0. The second-order valence-corrected chi connectivity index (χ2v) is 9.55. The molecule has 2 unspecified atom stereocenters. The van der Waals surface area contributed by atoms with E-state index in [2.05, 4.69) is 15.2 Å². The van der Waals surface area contributed by atoms with Crippen molar-refractivity contribution < 1.29 is 13.2 Å². The number of hydrogen-bond acceptors (Lipinski definition) is 6. The van der Waals surface area contributed by atoms with Gasteiger partial charge >= 0.3 is 0 Å². The first-order valence-corrected chi connectivity index (χ1v) is 11.2. The summed E-state index contributed by atoms with van der Waals surface area (Å²) in [5, 5.41) is 2.95. The van der Waals surface area contributed by atoms with E-state index in [0.717, 1.165) is 37.2 Å². The summed E-state index contributed by atoms with van der Waals surface area (Å²) in [5.41, 5.74) is 1.08. The van der Waals surface area contributed by atoms with E-state index in [9.17, 15) is 13.2 Å². The number of thioether (sulfide) groups is 1. The number of pyridine rings is 1. The van der Waals surface area contributed by atoms with Crippen LogP contribution in [0.2, 0.25) is 0 Å². The normalized spacial score (nSPS) is 26.5. The quantitative estimate of drug-likeness (QED) is 0.795. The van der Waals surface area contributed by atoms with Gasteiger partial charge in [-0.1, -0.05) is 6.07 Å². The van der Waals surface area contributed by atoms with Crippen LogP contribution in [0.1, 0.15) is 18.4 Å². The van der Waals surface area contributed by atoms with E-state index in [1.165, 1.54) is 11.8 Å². The molecule has 0 saturated carbocycles. The van der Waals surface area contributed by atoms with Gasteiger partial charge < -0.3 is 5.32 Å². The summed E-state index contributed by atoms with van der Waals surface area (Å²) in [6, 6.07) is 3.51. The molecule has 1 amide bonds. The van der Waals surface area contributed by atoms with Crippen molar-refractivity contribution in [1.82, 2.24) is 15.2 Å². The molecule has 3 rings (SSSR count). The lowest BCUT2D eigenvalue weighted by Gasteiger charge is -2.28. The molecule has 0 aliphatic carbocycles. The Morgan fingerprint density at radius 2 is 2.12 bits per heavy atom. The van der Waals surface area contributed by atoms with Crippen LogP contribution in [0.15, 0.2) is 24.5 Å². The fraction of sp³-hybridized carbons (Fsp3) is 0.625. The summed E-state index contributed by atoms with van der Waals surface area (Å²) in [4.78, 5) is 18.5. The zero-order valence-corrected chi connectivity index (χ0v) is 15.2. The van der Waals surface area contributed by atoms with Gasteiger partial charge in [0.25, 0.3) is 0 Å². The zero-order valence-electron chi connectivity index (χ0n) is 13.6. The Morgan fingerprint density at radius 3 is 2.83 bits per heavy atom. The number of carbonyl (C=O) groups excluding carboxylic acids is 1. The second-order valence-electron chi connectivity index (χ2n) is 6.42. The Labute approximate surface area is 147 Å². The Kier molecular flexibility index (Phi) is 5.78. The minimum absolute atomic E-state index is 0.0627. The van der Waals surface area contributed by atoms with Crippen molar-refractivity contribution in [1.29, 1.82) is 0 Å². The van der Waals surface area contributed by atoms with Gasteiger partial charge in [-0.3, -0.25) is 14.7 Å². The first kappa shape index (κ1) is 17.7. The lowest BCUT2D eigenvalue weighted by molar-refractivity contribution is -0.119. The number of nitrogens with zero attached hydrogens (tertiary/aromatic N) is 2. The molecule has 2 atom stereocenters. The number of hydrogen-bond donors (Lipinski definition) is 1. The smallest absolute Gasteiger partial charge is 0.230 e. The molecule has 1 N–H and O–H groups in total. The van der Waals surface area contributed by atoms with Gasteiger partial charge in [-0.2, -0.15) is 0 Å². The van der Waals surface area contributed by atoms with Gasteiger partial charge in [0.15, 0.2) is 9.84 Å². The van der Waals surface area contributed by atoms with Crippen LogP contribution in [-0.4, -0.2) is 66.6 Å². The van der Waals surface area contributed by atoms with E-state index < -0.39 is 9.84 Å². The average Bonchev–Trinajstić information content (AvgIpc) is 3.16. The van der Waals surface area contributed by atoms with Gasteiger partial charge in [0.1, 0.15) is 0 Å². The number of carbonyl (C=O) groups is 1. The summed E-state index contributed by atoms with van der Waals surface area (Å²) in [5.74, 6) is 1.20. The fourth-order valence-electron chi connectivity index (χ4n) is 3.39. The molecule has 2 fully saturated rings. The zero-order chi connectivity index (χ0) is 17.0. The fourth-order valence-corrected chi connectivity index (χ4v) is 6.12. The van der Waals surface area contributed by atoms with E-state index in [-0.39, 0.29) is 29.5 Å². The monoisotopic (exact) mass is 369 g/mol. The number of likely N-dealkylation sites (tertiary alicyclic amines) is 1. The minimum atomic E-state index is -3.06. The largest absolute Gasteiger partial charge is 0.350 e. The molecule has 3 heterocycles. The molecule has 1 aromatic rings. The molecule has 0 radical (unpaired) electrons. The van der Waals surface area contributed by atoms with Crippen molar-refractivity contribution in [3.63, 3.8) is 0 Å². The van der Waals surface area contributed by atoms with Gasteiger partial charge in [0.2, 0.25) is 5.91 Å². The second kappa shape index (κ2) is 7.84. The van der Waals surface area contributed by atoms with Crippen molar-refractivity contribution >= 4 is 27.5 Å². The molecule has 2 saturated heterocycles. The summed E-state index contributed by atoms with van der Waals surface area (Å²) in [6.07, 6.45) is 5.73. The third-order valence-electron chi connectivity index (χ3n) is 4.50. The highest BCUT2D eigenvalue weighted by Crippen LogP contribution is 2.23. The van der Waals surface area contributed by atoms with Gasteiger partial charge in [-0.05, 0) is 37.6 Å². The van der Waals surface area contributed by atoms with E-state index in [0.29, 0.717) is 5.75 Å². The van der Waals surface area contributed by atoms with E-state index in [1.807, 2.05) is 12.1 Å². The maximum absolute atomic E-state index is 12.2. The Hall–Kier alpha value is -1.12. The van der Waals surface area contributed by atoms with Crippen LogP contribution in [0.25, 0.3) is 0 Å². The number of aromatic nitrogens is 1. The molecule has 2 aliphatic heterocycles. The van der Waals surface area contributed by atoms with Crippen LogP contribution in [0.3, 0.4) is 0 Å². The minimum Gasteiger partial charge on any atom is -0.350 e. The Balaban J connectivity index is 1.50. The number of rotatable bonds is 6. The average molecular weight is 370 g/mol. The van der Waals surface area contributed by atoms with Gasteiger partial charge in [0.05, 0.1) is 23.3 Å². The molecule has 6 nitrogen and oxygen atoms in total. The summed E-state index contributed by atoms with van der Waals surface area (Å²) in [7, 11) is -3.06. The van der Waals surface area contributed by atoms with Crippen LogP contribution in [0.4, 0.5) is 0 Å². The lowest BCUT2D eigenvalue weighted by atomic mass is 10.1. The predicted molar refractivity (Wildman–Crippen MR) is 95.6 cm³/mol. The van der Waals surface area contributed by atoms with Crippen molar-refractivity contribution in [3.05, 3.63) is 30.1 Å². The summed E-state index contributed by atoms with van der Waals surface area (Å²) >= 11 is 1.52. The van der Waals surface area contributed by atoms with Crippen LogP contribution < -0.4 is 5.32 Å². The van der Waals surface area contributed by atoms with E-state index in [1.54, 1.807) is 12.4 Å². The molecule has 0 bridgehead atoms.